The number of halogens is 1. The third kappa shape index (κ3) is 5.17. The van der Waals surface area contributed by atoms with Crippen molar-refractivity contribution in [2.24, 2.45) is 5.10 Å². The topological polar surface area (TPSA) is 96.9 Å². The van der Waals surface area contributed by atoms with Gasteiger partial charge in [0.05, 0.1) is 18.2 Å². The maximum absolute atomic E-state index is 14.6. The lowest BCUT2D eigenvalue weighted by atomic mass is 10.0. The fourth-order valence-electron chi connectivity index (χ4n) is 3.54. The largest absolute Gasteiger partial charge is 0.491 e. The van der Waals surface area contributed by atoms with Crippen molar-refractivity contribution in [3.8, 4) is 5.75 Å². The highest BCUT2D eigenvalue weighted by atomic mass is 19.1. The molecule has 2 heterocycles. The lowest BCUT2D eigenvalue weighted by Gasteiger charge is -2.36. The first kappa shape index (κ1) is 22.2. The summed E-state index contributed by atoms with van der Waals surface area (Å²) in [7, 11) is 1.83. The van der Waals surface area contributed by atoms with Crippen LogP contribution in [0.25, 0.3) is 0 Å². The number of aromatic nitrogens is 2. The average molecular weight is 426 g/mol. The Morgan fingerprint density at radius 2 is 2.32 bits per heavy atom. The number of piperidine rings is 1. The quantitative estimate of drug-likeness (QED) is 0.415. The smallest absolute Gasteiger partial charge is 0.246 e. The molecule has 1 atom stereocenters. The van der Waals surface area contributed by atoms with Crippen LogP contribution in [0, 0.1) is 5.82 Å². The predicted octanol–water partition coefficient (Wildman–Crippen LogP) is 2.46. The minimum absolute atomic E-state index is 0.00829. The summed E-state index contributed by atoms with van der Waals surface area (Å²) in [4.78, 5) is 21.9. The van der Waals surface area contributed by atoms with E-state index in [-0.39, 0.29) is 23.5 Å². The van der Waals surface area contributed by atoms with E-state index in [9.17, 15) is 9.18 Å². The van der Waals surface area contributed by atoms with Crippen molar-refractivity contribution < 1.29 is 13.9 Å². The molecule has 2 aromatic rings. The number of nitrogens with zero attached hydrogens (tertiary/aromatic N) is 5. The zero-order valence-corrected chi connectivity index (χ0v) is 17.8. The molecule has 1 aromatic carbocycles. The van der Waals surface area contributed by atoms with Crippen LogP contribution >= 0.6 is 0 Å². The minimum Gasteiger partial charge on any atom is -0.491 e. The number of hydrazone groups is 1. The van der Waals surface area contributed by atoms with E-state index in [2.05, 4.69) is 16.5 Å². The summed E-state index contributed by atoms with van der Waals surface area (Å²) in [5.41, 5.74) is 7.53. The molecule has 1 aromatic heterocycles. The number of anilines is 1. The fraction of sp³-hybridized carbons (Fsp3) is 0.364. The van der Waals surface area contributed by atoms with E-state index in [0.717, 1.165) is 12.8 Å². The van der Waals surface area contributed by atoms with Crippen molar-refractivity contribution >= 4 is 17.4 Å². The van der Waals surface area contributed by atoms with Crippen LogP contribution in [-0.4, -0.2) is 64.3 Å². The van der Waals surface area contributed by atoms with Crippen LogP contribution in [0.5, 0.6) is 5.75 Å². The highest BCUT2D eigenvalue weighted by Gasteiger charge is 2.26. The number of amides is 1. The molecule has 164 valence electrons. The van der Waals surface area contributed by atoms with E-state index in [0.29, 0.717) is 36.5 Å². The van der Waals surface area contributed by atoms with Crippen LogP contribution in [-0.2, 0) is 4.79 Å². The number of hydrogen-bond acceptors (Lipinski definition) is 7. The Morgan fingerprint density at radius 3 is 3.00 bits per heavy atom. The molecule has 0 bridgehead atoms. The van der Waals surface area contributed by atoms with Gasteiger partial charge in [0.2, 0.25) is 5.91 Å². The Labute approximate surface area is 181 Å². The van der Waals surface area contributed by atoms with Crippen LogP contribution < -0.4 is 10.5 Å². The van der Waals surface area contributed by atoms with Crippen molar-refractivity contribution in [1.82, 2.24) is 19.9 Å². The summed E-state index contributed by atoms with van der Waals surface area (Å²) >= 11 is 0. The van der Waals surface area contributed by atoms with E-state index in [1.54, 1.807) is 35.2 Å². The lowest BCUT2D eigenvalue weighted by molar-refractivity contribution is -0.128. The van der Waals surface area contributed by atoms with Crippen molar-refractivity contribution in [3.63, 3.8) is 0 Å². The maximum atomic E-state index is 14.6. The predicted molar refractivity (Wildman–Crippen MR) is 117 cm³/mol. The number of ether oxygens (including phenoxy) is 1. The first-order chi connectivity index (χ1) is 14.9. The lowest BCUT2D eigenvalue weighted by Crippen LogP contribution is -2.47. The highest BCUT2D eigenvalue weighted by molar-refractivity contribution is 6.15. The van der Waals surface area contributed by atoms with Gasteiger partial charge in [0.25, 0.3) is 0 Å². The van der Waals surface area contributed by atoms with Gasteiger partial charge in [-0.1, -0.05) is 6.58 Å². The summed E-state index contributed by atoms with van der Waals surface area (Å²) in [6.45, 7) is 6.94. The van der Waals surface area contributed by atoms with Crippen LogP contribution in [0.15, 0.2) is 48.5 Å². The first-order valence-corrected chi connectivity index (χ1v) is 10.2. The number of likely N-dealkylation sites (N-methyl/N-ethyl adjacent to an activating group) is 1. The standard InChI is InChI=1S/C22H27FN6O2/c1-4-20(30)29-10-6-7-16(13-29)28(3)27-21(17-12-25-14-26-22(17)24)15-8-9-19(31-5-2)18(23)11-15/h4,8-9,11-12,14,16H,1,5-7,10,13H2,2-3H3,(H2,24,25,26)/b27-21-. The van der Waals surface area contributed by atoms with E-state index in [4.69, 9.17) is 15.6 Å². The van der Waals surface area contributed by atoms with E-state index in [1.165, 1.54) is 18.5 Å². The number of hydrogen-bond donors (Lipinski definition) is 1. The van der Waals surface area contributed by atoms with Crippen LogP contribution in [0.1, 0.15) is 30.9 Å². The zero-order valence-electron chi connectivity index (χ0n) is 17.8. The summed E-state index contributed by atoms with van der Waals surface area (Å²) in [5, 5.41) is 6.55. The Hall–Kier alpha value is -3.49. The minimum atomic E-state index is -0.495. The van der Waals surface area contributed by atoms with Gasteiger partial charge in [0, 0.05) is 31.9 Å². The normalized spacial score (nSPS) is 16.7. The van der Waals surface area contributed by atoms with Gasteiger partial charge in [0.15, 0.2) is 11.6 Å². The third-order valence-corrected chi connectivity index (χ3v) is 5.17. The van der Waals surface area contributed by atoms with Gasteiger partial charge in [-0.15, -0.1) is 0 Å². The molecule has 0 spiro atoms. The molecular formula is C22H27FN6O2. The van der Waals surface area contributed by atoms with Gasteiger partial charge in [-0.25, -0.2) is 14.4 Å². The van der Waals surface area contributed by atoms with Crippen molar-refractivity contribution in [3.05, 3.63) is 60.3 Å². The van der Waals surface area contributed by atoms with E-state index in [1.807, 2.05) is 7.05 Å². The number of carbonyl (C=O) groups is 1. The Bertz CT molecular complexity index is 980. The summed E-state index contributed by atoms with van der Waals surface area (Å²) in [5.74, 6) is -0.187. The van der Waals surface area contributed by atoms with Crippen molar-refractivity contribution in [1.29, 1.82) is 0 Å². The Morgan fingerprint density at radius 1 is 1.52 bits per heavy atom. The molecule has 0 aliphatic carbocycles. The summed E-state index contributed by atoms with van der Waals surface area (Å²) in [6, 6.07) is 4.64. The molecule has 0 saturated carbocycles. The molecular weight excluding hydrogens is 399 g/mol. The molecule has 9 heteroatoms. The molecule has 1 unspecified atom stereocenters. The van der Waals surface area contributed by atoms with Crippen LogP contribution in [0.4, 0.5) is 10.2 Å². The number of rotatable bonds is 7. The second-order valence-electron chi connectivity index (χ2n) is 7.21. The molecule has 1 saturated heterocycles. The maximum Gasteiger partial charge on any atom is 0.246 e. The zero-order chi connectivity index (χ0) is 22.4. The molecule has 1 aliphatic rings. The first-order valence-electron chi connectivity index (χ1n) is 10.2. The van der Waals surface area contributed by atoms with Crippen molar-refractivity contribution in [2.75, 3.05) is 32.5 Å². The molecule has 0 radical (unpaired) electrons. The molecule has 2 N–H and O–H groups in total. The second-order valence-corrected chi connectivity index (χ2v) is 7.21. The Balaban J connectivity index is 1.98. The van der Waals surface area contributed by atoms with Gasteiger partial charge in [-0.3, -0.25) is 9.80 Å². The molecule has 3 rings (SSSR count). The number of nitrogen functional groups attached to an aromatic ring is 1. The molecule has 1 aliphatic heterocycles. The molecule has 8 nitrogen and oxygen atoms in total. The van der Waals surface area contributed by atoms with Crippen LogP contribution in [0.2, 0.25) is 0 Å². The third-order valence-electron chi connectivity index (χ3n) is 5.17. The SMILES string of the molecule is C=CC(=O)N1CCCC(N(C)/N=C(/c2ccc(OCC)c(F)c2)c2cncnc2N)C1. The Kier molecular flexibility index (Phi) is 7.17. The van der Waals surface area contributed by atoms with Crippen LogP contribution in [0.3, 0.4) is 0 Å². The van der Waals surface area contributed by atoms with Gasteiger partial charge in [0.1, 0.15) is 17.9 Å². The van der Waals surface area contributed by atoms with Gasteiger partial charge in [-0.05, 0) is 44.0 Å². The summed E-state index contributed by atoms with van der Waals surface area (Å²) in [6.07, 6.45) is 5.94. The van der Waals surface area contributed by atoms with E-state index >= 15 is 0 Å². The number of carbonyl (C=O) groups excluding carboxylic acids is 1. The number of likely N-dealkylation sites (tertiary alicyclic amines) is 1. The van der Waals surface area contributed by atoms with E-state index < -0.39 is 5.82 Å². The summed E-state index contributed by atoms with van der Waals surface area (Å²) < 4.78 is 19.9. The van der Waals surface area contributed by atoms with Gasteiger partial charge < -0.3 is 15.4 Å². The molecule has 31 heavy (non-hydrogen) atoms. The monoisotopic (exact) mass is 426 g/mol. The molecule has 1 fully saturated rings. The molecule has 1 amide bonds. The fourth-order valence-corrected chi connectivity index (χ4v) is 3.54. The number of nitrogens with two attached hydrogens (primary N) is 1. The van der Waals surface area contributed by atoms with Crippen molar-refractivity contribution in [2.45, 2.75) is 25.8 Å². The highest BCUT2D eigenvalue weighted by Crippen LogP contribution is 2.23. The van der Waals surface area contributed by atoms with Gasteiger partial charge in [-0.2, -0.15) is 5.10 Å². The van der Waals surface area contributed by atoms with Gasteiger partial charge >= 0.3 is 0 Å². The second kappa shape index (κ2) is 10.0. The average Bonchev–Trinajstić information content (AvgIpc) is 2.79. The number of benzene rings is 1.